The van der Waals surface area contributed by atoms with Crippen molar-refractivity contribution in [3.8, 4) is 0 Å². The van der Waals surface area contributed by atoms with Gasteiger partial charge in [0, 0.05) is 44.1 Å². The molecule has 0 aromatic heterocycles. The molecule has 11 heteroatoms. The topological polar surface area (TPSA) is 98.8 Å². The van der Waals surface area contributed by atoms with Crippen molar-refractivity contribution in [1.29, 1.82) is 0 Å². The monoisotopic (exact) mass is 604 g/mol. The SMILES string of the molecule is O=C(NCc1ccc(F)cc1)c1cc(NS(=O)(=O)c2ccccc2)ccc1N1CCCN(C(=O)c2ccccc2F)CC1. The van der Waals surface area contributed by atoms with Gasteiger partial charge in [0.25, 0.3) is 21.8 Å². The summed E-state index contributed by atoms with van der Waals surface area (Å²) in [5, 5.41) is 2.83. The van der Waals surface area contributed by atoms with Crippen LogP contribution in [0.3, 0.4) is 0 Å². The third-order valence-corrected chi connectivity index (χ3v) is 8.54. The number of carbonyl (C=O) groups excluding carboxylic acids is 2. The van der Waals surface area contributed by atoms with Crippen LogP contribution >= 0.6 is 0 Å². The van der Waals surface area contributed by atoms with Gasteiger partial charge < -0.3 is 15.1 Å². The summed E-state index contributed by atoms with van der Waals surface area (Å²) in [5.74, 6) is -1.83. The molecular formula is C32H30F2N4O4S. The van der Waals surface area contributed by atoms with Crippen LogP contribution in [0.1, 0.15) is 32.7 Å². The van der Waals surface area contributed by atoms with Gasteiger partial charge in [-0.25, -0.2) is 17.2 Å². The fraction of sp³-hybridized carbons (Fsp3) is 0.188. The van der Waals surface area contributed by atoms with E-state index in [0.717, 1.165) is 0 Å². The Balaban J connectivity index is 1.40. The molecule has 0 spiro atoms. The minimum Gasteiger partial charge on any atom is -0.369 e. The van der Waals surface area contributed by atoms with Crippen molar-refractivity contribution >= 4 is 33.2 Å². The molecule has 0 saturated carbocycles. The summed E-state index contributed by atoms with van der Waals surface area (Å²) >= 11 is 0. The van der Waals surface area contributed by atoms with Crippen molar-refractivity contribution in [3.63, 3.8) is 0 Å². The number of sulfonamides is 1. The first-order valence-electron chi connectivity index (χ1n) is 13.7. The highest BCUT2D eigenvalue weighted by molar-refractivity contribution is 7.92. The van der Waals surface area contributed by atoms with Crippen LogP contribution in [-0.2, 0) is 16.6 Å². The van der Waals surface area contributed by atoms with Gasteiger partial charge in [0.05, 0.1) is 16.0 Å². The van der Waals surface area contributed by atoms with Crippen LogP contribution in [0.5, 0.6) is 0 Å². The van der Waals surface area contributed by atoms with Crippen LogP contribution in [0.2, 0.25) is 0 Å². The van der Waals surface area contributed by atoms with Gasteiger partial charge in [-0.2, -0.15) is 0 Å². The highest BCUT2D eigenvalue weighted by atomic mass is 32.2. The maximum absolute atomic E-state index is 14.3. The molecule has 1 fully saturated rings. The number of carbonyl (C=O) groups is 2. The molecule has 0 atom stereocenters. The van der Waals surface area contributed by atoms with E-state index < -0.39 is 27.7 Å². The van der Waals surface area contributed by atoms with E-state index in [2.05, 4.69) is 10.0 Å². The summed E-state index contributed by atoms with van der Waals surface area (Å²) in [6.07, 6.45) is 0.569. The molecule has 8 nitrogen and oxygen atoms in total. The van der Waals surface area contributed by atoms with Crippen molar-refractivity contribution in [2.75, 3.05) is 35.8 Å². The molecule has 0 aliphatic carbocycles. The molecule has 1 aliphatic heterocycles. The molecule has 43 heavy (non-hydrogen) atoms. The van der Waals surface area contributed by atoms with Crippen LogP contribution < -0.4 is 14.9 Å². The average molecular weight is 605 g/mol. The molecule has 222 valence electrons. The molecule has 4 aromatic rings. The first kappa shape index (κ1) is 29.7. The summed E-state index contributed by atoms with van der Waals surface area (Å²) in [4.78, 5) is 30.2. The van der Waals surface area contributed by atoms with Crippen molar-refractivity contribution in [2.24, 2.45) is 0 Å². The van der Waals surface area contributed by atoms with E-state index in [0.29, 0.717) is 43.9 Å². The van der Waals surface area contributed by atoms with Crippen molar-refractivity contribution in [3.05, 3.63) is 125 Å². The Morgan fingerprint density at radius 3 is 2.23 bits per heavy atom. The van der Waals surface area contributed by atoms with Gasteiger partial charge in [-0.3, -0.25) is 14.3 Å². The maximum atomic E-state index is 14.3. The smallest absolute Gasteiger partial charge is 0.261 e. The predicted molar refractivity (Wildman–Crippen MR) is 160 cm³/mol. The molecule has 0 bridgehead atoms. The quantitative estimate of drug-likeness (QED) is 0.294. The van der Waals surface area contributed by atoms with E-state index in [9.17, 15) is 26.8 Å². The first-order valence-corrected chi connectivity index (χ1v) is 15.2. The highest BCUT2D eigenvalue weighted by Gasteiger charge is 2.25. The third-order valence-electron chi connectivity index (χ3n) is 7.14. The summed E-state index contributed by atoms with van der Waals surface area (Å²) in [6.45, 7) is 1.71. The van der Waals surface area contributed by atoms with Crippen molar-refractivity contribution in [2.45, 2.75) is 17.9 Å². The van der Waals surface area contributed by atoms with E-state index in [4.69, 9.17) is 0 Å². The van der Waals surface area contributed by atoms with Gasteiger partial charge in [-0.1, -0.05) is 42.5 Å². The van der Waals surface area contributed by atoms with Gasteiger partial charge >= 0.3 is 0 Å². The zero-order valence-corrected chi connectivity index (χ0v) is 24.0. The largest absolute Gasteiger partial charge is 0.369 e. The van der Waals surface area contributed by atoms with Crippen molar-refractivity contribution < 1.29 is 26.8 Å². The van der Waals surface area contributed by atoms with E-state index in [1.165, 1.54) is 48.5 Å². The summed E-state index contributed by atoms with van der Waals surface area (Å²) in [6, 6.07) is 24.2. The number of nitrogens with zero attached hydrogens (tertiary/aromatic N) is 2. The fourth-order valence-electron chi connectivity index (χ4n) is 4.92. The molecule has 0 radical (unpaired) electrons. The molecule has 1 saturated heterocycles. The lowest BCUT2D eigenvalue weighted by atomic mass is 10.1. The zero-order valence-electron chi connectivity index (χ0n) is 23.2. The lowest BCUT2D eigenvalue weighted by Crippen LogP contribution is -2.36. The lowest BCUT2D eigenvalue weighted by molar-refractivity contribution is 0.0762. The molecule has 1 heterocycles. The van der Waals surface area contributed by atoms with Gasteiger partial charge in [-0.15, -0.1) is 0 Å². The minimum atomic E-state index is -3.91. The van der Waals surface area contributed by atoms with Crippen LogP contribution in [-0.4, -0.2) is 51.3 Å². The van der Waals surface area contributed by atoms with E-state index in [-0.39, 0.29) is 34.1 Å². The normalized spacial score (nSPS) is 13.7. The second-order valence-electron chi connectivity index (χ2n) is 10.1. The first-order chi connectivity index (χ1) is 20.7. The van der Waals surface area contributed by atoms with Crippen LogP contribution in [0.4, 0.5) is 20.2 Å². The van der Waals surface area contributed by atoms with E-state index in [1.807, 2.05) is 4.90 Å². The fourth-order valence-corrected chi connectivity index (χ4v) is 5.99. The van der Waals surface area contributed by atoms with Gasteiger partial charge in [-0.05, 0) is 66.6 Å². The number of halogens is 2. The standard InChI is InChI=1S/C32H30F2N4O4S/c33-24-13-11-23(12-14-24)22-35-31(39)28-21-25(36-43(41,42)26-7-2-1-3-8-26)15-16-30(28)37-17-6-18-38(20-19-37)32(40)27-9-4-5-10-29(27)34/h1-5,7-16,21,36H,6,17-20,22H2,(H,35,39). The Morgan fingerprint density at radius 1 is 0.767 bits per heavy atom. The Kier molecular flexibility index (Phi) is 9.01. The lowest BCUT2D eigenvalue weighted by Gasteiger charge is -2.26. The Morgan fingerprint density at radius 2 is 1.49 bits per heavy atom. The number of amides is 2. The second kappa shape index (κ2) is 13.0. The predicted octanol–water partition coefficient (Wildman–Crippen LogP) is 5.05. The number of nitrogens with one attached hydrogen (secondary N) is 2. The molecule has 2 amide bonds. The summed E-state index contributed by atoms with van der Waals surface area (Å²) in [7, 11) is -3.91. The molecular weight excluding hydrogens is 574 g/mol. The number of hydrogen-bond acceptors (Lipinski definition) is 5. The van der Waals surface area contributed by atoms with E-state index in [1.54, 1.807) is 53.4 Å². The number of anilines is 2. The molecule has 5 rings (SSSR count). The van der Waals surface area contributed by atoms with Gasteiger partial charge in [0.2, 0.25) is 0 Å². The van der Waals surface area contributed by atoms with Crippen LogP contribution in [0.25, 0.3) is 0 Å². The van der Waals surface area contributed by atoms with Crippen LogP contribution in [0.15, 0.2) is 102 Å². The highest BCUT2D eigenvalue weighted by Crippen LogP contribution is 2.28. The number of hydrogen-bond donors (Lipinski definition) is 2. The number of benzene rings is 4. The van der Waals surface area contributed by atoms with Crippen LogP contribution in [0, 0.1) is 11.6 Å². The third kappa shape index (κ3) is 7.18. The minimum absolute atomic E-state index is 0.00635. The van der Waals surface area contributed by atoms with Crippen molar-refractivity contribution in [1.82, 2.24) is 10.2 Å². The van der Waals surface area contributed by atoms with Gasteiger partial charge in [0.15, 0.2) is 0 Å². The van der Waals surface area contributed by atoms with Gasteiger partial charge in [0.1, 0.15) is 11.6 Å². The maximum Gasteiger partial charge on any atom is 0.261 e. The molecule has 2 N–H and O–H groups in total. The summed E-state index contributed by atoms with van der Waals surface area (Å²) in [5.41, 5.74) is 1.68. The Labute approximate surface area is 249 Å². The molecule has 0 unspecified atom stereocenters. The molecule has 4 aromatic carbocycles. The summed E-state index contributed by atoms with van der Waals surface area (Å²) < 4.78 is 56.1. The molecule has 1 aliphatic rings. The van der Waals surface area contributed by atoms with E-state index >= 15 is 0 Å². The Hall–Kier alpha value is -4.77. The Bertz CT molecular complexity index is 1720. The second-order valence-corrected chi connectivity index (χ2v) is 11.8. The number of rotatable bonds is 8. The average Bonchev–Trinajstić information content (AvgIpc) is 3.27. The zero-order chi connectivity index (χ0) is 30.4.